The predicted octanol–water partition coefficient (Wildman–Crippen LogP) is 11.9. The largest absolute Gasteiger partial charge is 0.456 e. The first kappa shape index (κ1) is 28.6. The molecule has 2 N–H and O–H groups in total. The molecule has 0 bridgehead atoms. The first-order valence-electron chi connectivity index (χ1n) is 17.2. The van der Waals surface area contributed by atoms with E-state index >= 15 is 0 Å². The zero-order chi connectivity index (χ0) is 33.5. The molecule has 0 spiro atoms. The number of nitrogens with zero attached hydrogens (tertiary/aromatic N) is 1. The van der Waals surface area contributed by atoms with Gasteiger partial charge in [0.2, 0.25) is 0 Å². The molecule has 0 saturated carbocycles. The number of para-hydroxylation sites is 2. The van der Waals surface area contributed by atoms with E-state index in [0.717, 1.165) is 77.5 Å². The number of hydrogen-bond donors (Lipinski definition) is 2. The second-order valence-electron chi connectivity index (χ2n) is 13.1. The number of benzene rings is 7. The van der Waals surface area contributed by atoms with Crippen LogP contribution in [0.25, 0.3) is 75.2 Å². The lowest BCUT2D eigenvalue weighted by molar-refractivity contribution is 0.409. The number of aliphatic imine (C=N–C) groups is 1. The Hall–Kier alpha value is -6.21. The van der Waals surface area contributed by atoms with Crippen molar-refractivity contribution in [3.8, 4) is 11.1 Å². The van der Waals surface area contributed by atoms with E-state index in [4.69, 9.17) is 13.8 Å². The summed E-state index contributed by atoms with van der Waals surface area (Å²) in [6.07, 6.45) is -0.451. The van der Waals surface area contributed by atoms with Crippen LogP contribution in [0.15, 0.2) is 165 Å². The van der Waals surface area contributed by atoms with Gasteiger partial charge < -0.3 is 14.2 Å². The van der Waals surface area contributed by atoms with Crippen molar-refractivity contribution in [3.05, 3.63) is 168 Å². The molecule has 3 aromatic heterocycles. The van der Waals surface area contributed by atoms with Gasteiger partial charge in [-0.3, -0.25) is 5.32 Å². The molecule has 11 rings (SSSR count). The van der Waals surface area contributed by atoms with Crippen molar-refractivity contribution in [1.29, 1.82) is 0 Å². The van der Waals surface area contributed by atoms with Gasteiger partial charge in [-0.25, -0.2) is 4.99 Å². The van der Waals surface area contributed by atoms with Crippen molar-refractivity contribution in [2.45, 2.75) is 12.3 Å². The minimum atomic E-state index is -0.308. The van der Waals surface area contributed by atoms with Gasteiger partial charge in [0.05, 0.1) is 0 Å². The van der Waals surface area contributed by atoms with Gasteiger partial charge in [-0.05, 0) is 47.0 Å². The van der Waals surface area contributed by atoms with Crippen LogP contribution >= 0.6 is 11.3 Å². The summed E-state index contributed by atoms with van der Waals surface area (Å²) in [7, 11) is 0. The highest BCUT2D eigenvalue weighted by Crippen LogP contribution is 2.43. The maximum atomic E-state index is 6.61. The van der Waals surface area contributed by atoms with E-state index in [0.29, 0.717) is 0 Å². The quantitative estimate of drug-likeness (QED) is 0.195. The van der Waals surface area contributed by atoms with E-state index in [2.05, 4.69) is 144 Å². The maximum Gasteiger partial charge on any atom is 0.143 e. The number of furan rings is 2. The van der Waals surface area contributed by atoms with E-state index < -0.39 is 0 Å². The number of hydrogen-bond acceptors (Lipinski definition) is 6. The fourth-order valence-corrected chi connectivity index (χ4v) is 9.03. The van der Waals surface area contributed by atoms with Crippen molar-refractivity contribution in [1.82, 2.24) is 10.6 Å². The minimum Gasteiger partial charge on any atom is -0.456 e. The average molecular weight is 676 g/mol. The number of rotatable bonds is 4. The monoisotopic (exact) mass is 675 g/mol. The summed E-state index contributed by atoms with van der Waals surface area (Å²) in [5, 5.41) is 14.4. The third-order valence-corrected chi connectivity index (χ3v) is 11.4. The van der Waals surface area contributed by atoms with Crippen molar-refractivity contribution >= 4 is 81.2 Å². The Morgan fingerprint density at radius 2 is 1.24 bits per heavy atom. The Morgan fingerprint density at radius 1 is 0.510 bits per heavy atom. The van der Waals surface area contributed by atoms with Gasteiger partial charge >= 0.3 is 0 Å². The standard InChI is InChI=1S/C45H29N3O2S/c1-2-11-26(12-3-1)43-46-44(48-45(47-43)35-19-9-18-33-29-14-5-7-22-39(29)51-42(33)35)27-23-24-34-38(25-27)49-37-21-10-15-30(40(34)37)32-17-8-16-31-28-13-4-6-20-36(28)50-41(31)32/h1-25,43-44,46H,(H,47,48). The molecule has 4 heterocycles. The first-order chi connectivity index (χ1) is 25.3. The summed E-state index contributed by atoms with van der Waals surface area (Å²) in [6, 6.07) is 53.1. The highest BCUT2D eigenvalue weighted by atomic mass is 32.1. The van der Waals surface area contributed by atoms with Gasteiger partial charge in [-0.2, -0.15) is 0 Å². The van der Waals surface area contributed by atoms with E-state index in [9.17, 15) is 0 Å². The Morgan fingerprint density at radius 3 is 2.16 bits per heavy atom. The van der Waals surface area contributed by atoms with Crippen LogP contribution in [0.4, 0.5) is 0 Å². The molecule has 2 unspecified atom stereocenters. The molecule has 51 heavy (non-hydrogen) atoms. The van der Waals surface area contributed by atoms with E-state index in [1.165, 1.54) is 20.2 Å². The van der Waals surface area contributed by atoms with Crippen LogP contribution < -0.4 is 10.6 Å². The van der Waals surface area contributed by atoms with E-state index in [1.807, 2.05) is 29.5 Å². The Kier molecular flexibility index (Phi) is 6.26. The molecular weight excluding hydrogens is 647 g/mol. The Balaban J connectivity index is 1.06. The molecule has 10 aromatic rings. The van der Waals surface area contributed by atoms with Crippen LogP contribution in [0.1, 0.15) is 29.0 Å². The topological polar surface area (TPSA) is 62.7 Å². The van der Waals surface area contributed by atoms with Gasteiger partial charge in [-0.1, -0.05) is 121 Å². The first-order valence-corrected chi connectivity index (χ1v) is 18.0. The Bertz CT molecular complexity index is 3010. The number of nitrogens with one attached hydrogen (secondary N) is 2. The van der Waals surface area contributed by atoms with Gasteiger partial charge in [-0.15, -0.1) is 11.3 Å². The fraction of sp³-hybridized carbons (Fsp3) is 0.0444. The van der Waals surface area contributed by atoms with Crippen LogP contribution in [0.3, 0.4) is 0 Å². The third kappa shape index (κ3) is 4.47. The van der Waals surface area contributed by atoms with Crippen molar-refractivity contribution in [2.75, 3.05) is 0 Å². The van der Waals surface area contributed by atoms with E-state index in [1.54, 1.807) is 0 Å². The van der Waals surface area contributed by atoms with Gasteiger partial charge in [0.15, 0.2) is 0 Å². The fourth-order valence-electron chi connectivity index (χ4n) is 7.81. The number of amidine groups is 1. The van der Waals surface area contributed by atoms with Crippen molar-refractivity contribution < 1.29 is 8.83 Å². The second kappa shape index (κ2) is 11.2. The number of fused-ring (bicyclic) bond motifs is 9. The lowest BCUT2D eigenvalue weighted by Crippen LogP contribution is -2.44. The molecule has 242 valence electrons. The summed E-state index contributed by atoms with van der Waals surface area (Å²) in [5.74, 6) is 0.871. The summed E-state index contributed by atoms with van der Waals surface area (Å²) in [4.78, 5) is 5.35. The molecule has 0 aliphatic carbocycles. The molecule has 2 atom stereocenters. The van der Waals surface area contributed by atoms with Gasteiger partial charge in [0.25, 0.3) is 0 Å². The maximum absolute atomic E-state index is 6.61. The molecule has 0 radical (unpaired) electrons. The molecule has 5 nitrogen and oxygen atoms in total. The van der Waals surface area contributed by atoms with Crippen molar-refractivity contribution in [2.24, 2.45) is 4.99 Å². The summed E-state index contributed by atoms with van der Waals surface area (Å²) >= 11 is 1.82. The molecule has 1 aliphatic heterocycles. The molecule has 0 fully saturated rings. The lowest BCUT2D eigenvalue weighted by Gasteiger charge is -2.32. The molecule has 0 saturated heterocycles. The highest BCUT2D eigenvalue weighted by Gasteiger charge is 2.27. The van der Waals surface area contributed by atoms with E-state index in [-0.39, 0.29) is 12.3 Å². The Labute approximate surface area is 296 Å². The normalized spacial score (nSPS) is 16.4. The molecule has 7 aromatic carbocycles. The SMILES string of the molecule is c1ccc(C2NC(c3cccc4c3sc3ccccc34)=NC(c3ccc4c(c3)oc3cccc(-c5cccc6c5oc5ccccc56)c34)N2)cc1. The predicted molar refractivity (Wildman–Crippen MR) is 210 cm³/mol. The van der Waals surface area contributed by atoms with Crippen LogP contribution in [0, 0.1) is 0 Å². The second-order valence-corrected chi connectivity index (χ2v) is 14.2. The van der Waals surface area contributed by atoms with Crippen LogP contribution in [-0.4, -0.2) is 5.84 Å². The molecule has 0 amide bonds. The van der Waals surface area contributed by atoms with Crippen LogP contribution in [0.2, 0.25) is 0 Å². The highest BCUT2D eigenvalue weighted by molar-refractivity contribution is 7.26. The van der Waals surface area contributed by atoms with Crippen LogP contribution in [-0.2, 0) is 0 Å². The summed E-state index contributed by atoms with van der Waals surface area (Å²) in [5.41, 5.74) is 8.87. The zero-order valence-corrected chi connectivity index (χ0v) is 28.1. The third-order valence-electron chi connectivity index (χ3n) is 10.2. The molecule has 1 aliphatic rings. The van der Waals surface area contributed by atoms with Gasteiger partial charge in [0.1, 0.15) is 40.5 Å². The average Bonchev–Trinajstić information content (AvgIpc) is 3.89. The van der Waals surface area contributed by atoms with Gasteiger partial charge in [0, 0.05) is 52.8 Å². The zero-order valence-electron chi connectivity index (χ0n) is 27.3. The lowest BCUT2D eigenvalue weighted by atomic mass is 9.97. The minimum absolute atomic E-state index is 0.143. The molecular formula is C45H29N3O2S. The number of thiophene rings is 1. The summed E-state index contributed by atoms with van der Waals surface area (Å²) < 4.78 is 15.6. The van der Waals surface area contributed by atoms with Crippen molar-refractivity contribution in [3.63, 3.8) is 0 Å². The summed E-state index contributed by atoms with van der Waals surface area (Å²) in [6.45, 7) is 0. The smallest absolute Gasteiger partial charge is 0.143 e. The molecule has 6 heteroatoms. The van der Waals surface area contributed by atoms with Crippen LogP contribution in [0.5, 0.6) is 0 Å².